The van der Waals surface area contributed by atoms with Crippen LogP contribution in [0.2, 0.25) is 5.02 Å². The predicted molar refractivity (Wildman–Crippen MR) is 116 cm³/mol. The summed E-state index contributed by atoms with van der Waals surface area (Å²) in [6, 6.07) is 13.3. The van der Waals surface area contributed by atoms with E-state index in [1.165, 1.54) is 0 Å². The largest absolute Gasteiger partial charge is 0.491 e. The van der Waals surface area contributed by atoms with Gasteiger partial charge in [0.15, 0.2) is 0 Å². The van der Waals surface area contributed by atoms with E-state index in [1.54, 1.807) is 12.1 Å². The van der Waals surface area contributed by atoms with Crippen molar-refractivity contribution in [2.45, 2.75) is 56.2 Å². The van der Waals surface area contributed by atoms with Gasteiger partial charge in [-0.3, -0.25) is 0 Å². The maximum Gasteiger partial charge on any atom is 0.119 e. The van der Waals surface area contributed by atoms with Crippen LogP contribution in [0.4, 0.5) is 0 Å². The van der Waals surface area contributed by atoms with Crippen LogP contribution >= 0.6 is 11.6 Å². The van der Waals surface area contributed by atoms with Crippen LogP contribution in [0.25, 0.3) is 0 Å². The van der Waals surface area contributed by atoms with E-state index in [0.717, 1.165) is 35.3 Å². The number of benzene rings is 2. The maximum atomic E-state index is 10.4. The lowest BCUT2D eigenvalue weighted by Crippen LogP contribution is -2.44. The molecule has 4 rings (SSSR count). The zero-order valence-electron chi connectivity index (χ0n) is 17.3. The van der Waals surface area contributed by atoms with Crippen molar-refractivity contribution in [1.29, 1.82) is 0 Å². The minimum absolute atomic E-state index is 0.204. The highest BCUT2D eigenvalue weighted by Crippen LogP contribution is 2.34. The lowest BCUT2D eigenvalue weighted by Gasteiger charge is -2.37. The molecule has 4 atom stereocenters. The van der Waals surface area contributed by atoms with Crippen LogP contribution in [0.15, 0.2) is 42.5 Å². The molecule has 0 bridgehead atoms. The molecule has 1 unspecified atom stereocenters. The van der Waals surface area contributed by atoms with Crippen LogP contribution in [-0.4, -0.2) is 59.6 Å². The fourth-order valence-electron chi connectivity index (χ4n) is 3.79. The van der Waals surface area contributed by atoms with Gasteiger partial charge in [-0.25, -0.2) is 0 Å². The number of hydrogen-bond donors (Lipinski definition) is 3. The van der Waals surface area contributed by atoms with Gasteiger partial charge in [0.25, 0.3) is 0 Å². The van der Waals surface area contributed by atoms with Gasteiger partial charge in [0.2, 0.25) is 0 Å². The predicted octanol–water partition coefficient (Wildman–Crippen LogP) is 3.03. The molecule has 6 nitrogen and oxygen atoms in total. The van der Waals surface area contributed by atoms with Crippen LogP contribution in [0.3, 0.4) is 0 Å². The molecule has 1 heterocycles. The molecular weight excluding hydrogens is 420 g/mol. The fourth-order valence-corrected chi connectivity index (χ4v) is 3.97. The highest BCUT2D eigenvalue weighted by Gasteiger charge is 2.37. The van der Waals surface area contributed by atoms with Crippen LogP contribution in [-0.2, 0) is 15.9 Å². The summed E-state index contributed by atoms with van der Waals surface area (Å²) in [6.45, 7) is 0.936. The average Bonchev–Trinajstić information content (AvgIpc) is 3.60. The average molecular weight is 449 g/mol. The van der Waals surface area contributed by atoms with Crippen molar-refractivity contribution >= 4 is 11.6 Å². The summed E-state index contributed by atoms with van der Waals surface area (Å²) < 4.78 is 17.1. The Morgan fingerprint density at radius 2 is 1.81 bits per heavy atom. The standard InChI is InChI=1S/C24H29ClO6/c25-21-8-3-16(24-23(28)22(27)13-20(14-26)31-24)12-17(21)11-15-1-4-18(5-2-15)29-9-10-30-19-6-7-19/h1-5,8,12,19-20,22-24,26-28H,6-7,9-11,13-14H2/t20-,22-,23?,24-/m0/s1. The molecule has 2 fully saturated rings. The zero-order valence-corrected chi connectivity index (χ0v) is 18.1. The number of aliphatic hydroxyl groups is 3. The van der Waals surface area contributed by atoms with Gasteiger partial charge in [-0.05, 0) is 54.2 Å². The Labute approximate surface area is 187 Å². The summed E-state index contributed by atoms with van der Waals surface area (Å²) in [5.41, 5.74) is 2.68. The Bertz CT molecular complexity index is 854. The van der Waals surface area contributed by atoms with Gasteiger partial charge in [0.05, 0.1) is 31.5 Å². The van der Waals surface area contributed by atoms with Gasteiger partial charge < -0.3 is 29.5 Å². The molecule has 1 aliphatic carbocycles. The molecule has 0 radical (unpaired) electrons. The molecule has 1 saturated heterocycles. The summed E-state index contributed by atoms with van der Waals surface area (Å²) in [4.78, 5) is 0. The first-order valence-corrected chi connectivity index (χ1v) is 11.2. The molecule has 0 amide bonds. The quantitative estimate of drug-likeness (QED) is 0.511. The molecular formula is C24H29ClO6. The summed E-state index contributed by atoms with van der Waals surface area (Å²) in [6.07, 6.45) is 0.330. The zero-order chi connectivity index (χ0) is 21.8. The number of hydrogen-bond acceptors (Lipinski definition) is 6. The van der Waals surface area contributed by atoms with Gasteiger partial charge in [-0.2, -0.15) is 0 Å². The molecule has 2 aliphatic rings. The van der Waals surface area contributed by atoms with Crippen LogP contribution in [0.5, 0.6) is 5.75 Å². The molecule has 7 heteroatoms. The Balaban J connectivity index is 1.40. The van der Waals surface area contributed by atoms with Crippen molar-refractivity contribution < 1.29 is 29.5 Å². The van der Waals surface area contributed by atoms with E-state index >= 15 is 0 Å². The summed E-state index contributed by atoms with van der Waals surface area (Å²) in [5.74, 6) is 0.797. The highest BCUT2D eigenvalue weighted by molar-refractivity contribution is 6.31. The summed E-state index contributed by atoms with van der Waals surface area (Å²) in [7, 11) is 0. The van der Waals surface area contributed by atoms with Crippen molar-refractivity contribution in [1.82, 2.24) is 0 Å². The minimum atomic E-state index is -1.06. The van der Waals surface area contributed by atoms with Crippen molar-refractivity contribution in [2.24, 2.45) is 0 Å². The first kappa shape index (κ1) is 22.5. The fraction of sp³-hybridized carbons (Fsp3) is 0.500. The van der Waals surface area contributed by atoms with Crippen LogP contribution in [0.1, 0.15) is 42.1 Å². The van der Waals surface area contributed by atoms with Gasteiger partial charge in [0, 0.05) is 11.4 Å². The number of aliphatic hydroxyl groups excluding tert-OH is 3. The second-order valence-electron chi connectivity index (χ2n) is 8.25. The SMILES string of the molecule is OC[C@@H]1C[C@H](O)C(O)[C@H](c2ccc(Cl)c(Cc3ccc(OCCOC4CC4)cc3)c2)O1. The van der Waals surface area contributed by atoms with Crippen molar-refractivity contribution in [3.63, 3.8) is 0 Å². The molecule has 168 valence electrons. The van der Waals surface area contributed by atoms with E-state index in [-0.39, 0.29) is 13.0 Å². The Hall–Kier alpha value is -1.67. The number of halogens is 1. The van der Waals surface area contributed by atoms with Crippen LogP contribution in [0, 0.1) is 0 Å². The second-order valence-corrected chi connectivity index (χ2v) is 8.65. The van der Waals surface area contributed by atoms with Gasteiger partial charge in [0.1, 0.15) is 24.6 Å². The topological polar surface area (TPSA) is 88.4 Å². The van der Waals surface area contributed by atoms with Gasteiger partial charge in [-0.1, -0.05) is 35.9 Å². The summed E-state index contributed by atoms with van der Waals surface area (Å²) in [5, 5.41) is 30.5. The Kier molecular flexibility index (Phi) is 7.48. The van der Waals surface area contributed by atoms with E-state index in [0.29, 0.717) is 30.8 Å². The third kappa shape index (κ3) is 5.98. The van der Waals surface area contributed by atoms with E-state index < -0.39 is 24.4 Å². The lowest BCUT2D eigenvalue weighted by molar-refractivity contribution is -0.179. The first-order valence-electron chi connectivity index (χ1n) is 10.8. The Morgan fingerprint density at radius 1 is 1.03 bits per heavy atom. The van der Waals surface area contributed by atoms with Gasteiger partial charge >= 0.3 is 0 Å². The van der Waals surface area contributed by atoms with E-state index in [9.17, 15) is 15.3 Å². The normalized spacial score (nSPS) is 26.1. The third-order valence-corrected chi connectivity index (χ3v) is 6.07. The highest BCUT2D eigenvalue weighted by atomic mass is 35.5. The van der Waals surface area contributed by atoms with E-state index in [1.807, 2.05) is 30.3 Å². The van der Waals surface area contributed by atoms with E-state index in [2.05, 4.69) is 0 Å². The third-order valence-electron chi connectivity index (χ3n) is 5.70. The van der Waals surface area contributed by atoms with Crippen molar-refractivity contribution in [3.8, 4) is 5.75 Å². The maximum absolute atomic E-state index is 10.4. The lowest BCUT2D eigenvalue weighted by atomic mass is 9.91. The molecule has 31 heavy (non-hydrogen) atoms. The first-order chi connectivity index (χ1) is 15.0. The molecule has 1 aliphatic heterocycles. The Morgan fingerprint density at radius 3 is 2.52 bits per heavy atom. The number of ether oxygens (including phenoxy) is 3. The van der Waals surface area contributed by atoms with Crippen LogP contribution < -0.4 is 4.74 Å². The van der Waals surface area contributed by atoms with Crippen molar-refractivity contribution in [3.05, 3.63) is 64.2 Å². The monoisotopic (exact) mass is 448 g/mol. The molecule has 1 saturated carbocycles. The van der Waals surface area contributed by atoms with Crippen molar-refractivity contribution in [2.75, 3.05) is 19.8 Å². The molecule has 2 aromatic carbocycles. The smallest absolute Gasteiger partial charge is 0.119 e. The molecule has 0 aromatic heterocycles. The molecule has 2 aromatic rings. The number of rotatable bonds is 9. The minimum Gasteiger partial charge on any atom is -0.491 e. The van der Waals surface area contributed by atoms with E-state index in [4.69, 9.17) is 25.8 Å². The molecule has 0 spiro atoms. The second kappa shape index (κ2) is 10.3. The van der Waals surface area contributed by atoms with Gasteiger partial charge in [-0.15, -0.1) is 0 Å². The summed E-state index contributed by atoms with van der Waals surface area (Å²) >= 11 is 6.42. The molecule has 3 N–H and O–H groups in total.